The molecule has 0 aliphatic carbocycles. The first-order valence-corrected chi connectivity index (χ1v) is 10.1. The van der Waals surface area contributed by atoms with Gasteiger partial charge in [-0.1, -0.05) is 54.3 Å². The lowest BCUT2D eigenvalue weighted by atomic mass is 10.2. The second-order valence-corrected chi connectivity index (χ2v) is 7.82. The van der Waals surface area contributed by atoms with Gasteiger partial charge in [0.25, 0.3) is 5.91 Å². The van der Waals surface area contributed by atoms with Crippen LogP contribution in [0.25, 0.3) is 0 Å². The van der Waals surface area contributed by atoms with E-state index in [1.807, 2.05) is 24.3 Å². The van der Waals surface area contributed by atoms with Crippen LogP contribution in [0, 0.1) is 5.82 Å². The SMILES string of the molecule is CCc1ccc(OCC(=O)Nc2nnc(SCc3ccc(F)cc3)s2)cc1. The number of amides is 1. The molecule has 0 aliphatic rings. The van der Waals surface area contributed by atoms with Crippen molar-refractivity contribution in [2.24, 2.45) is 0 Å². The molecule has 1 N–H and O–H groups in total. The summed E-state index contributed by atoms with van der Waals surface area (Å²) < 4.78 is 19.1. The number of benzene rings is 2. The van der Waals surface area contributed by atoms with Crippen LogP contribution in [0.1, 0.15) is 18.1 Å². The van der Waals surface area contributed by atoms with Gasteiger partial charge in [-0.05, 0) is 41.8 Å². The number of aromatic nitrogens is 2. The molecular weight excluding hydrogens is 385 g/mol. The summed E-state index contributed by atoms with van der Waals surface area (Å²) >= 11 is 2.77. The number of anilines is 1. The molecule has 0 saturated carbocycles. The zero-order chi connectivity index (χ0) is 19.1. The minimum atomic E-state index is -0.291. The number of hydrogen-bond acceptors (Lipinski definition) is 6. The Balaban J connectivity index is 1.44. The standard InChI is InChI=1S/C19H18FN3O2S2/c1-2-13-5-9-16(10-6-13)25-11-17(24)21-18-22-23-19(27-18)26-12-14-3-7-15(20)8-4-14/h3-10H,2,11-12H2,1H3,(H,21,22,24). The van der Waals surface area contributed by atoms with E-state index in [0.29, 0.717) is 16.6 Å². The molecule has 3 aromatic rings. The summed E-state index contributed by atoms with van der Waals surface area (Å²) in [5.74, 6) is 0.754. The van der Waals surface area contributed by atoms with Gasteiger partial charge in [-0.3, -0.25) is 10.1 Å². The van der Waals surface area contributed by atoms with E-state index in [1.54, 1.807) is 12.1 Å². The summed E-state index contributed by atoms with van der Waals surface area (Å²) in [6, 6.07) is 14.0. The maximum Gasteiger partial charge on any atom is 0.264 e. The number of ether oxygens (including phenoxy) is 1. The molecule has 0 atom stereocenters. The highest BCUT2D eigenvalue weighted by Crippen LogP contribution is 2.28. The van der Waals surface area contributed by atoms with Gasteiger partial charge in [0, 0.05) is 5.75 Å². The second-order valence-electron chi connectivity index (χ2n) is 5.62. The number of nitrogens with zero attached hydrogens (tertiary/aromatic N) is 2. The Labute approximate surface area is 165 Å². The normalized spacial score (nSPS) is 10.6. The van der Waals surface area contributed by atoms with Crippen molar-refractivity contribution in [2.75, 3.05) is 11.9 Å². The number of hydrogen-bond donors (Lipinski definition) is 1. The lowest BCUT2D eigenvalue weighted by Gasteiger charge is -2.06. The third-order valence-corrected chi connectivity index (χ3v) is 5.67. The lowest BCUT2D eigenvalue weighted by Crippen LogP contribution is -2.20. The van der Waals surface area contributed by atoms with E-state index < -0.39 is 0 Å². The van der Waals surface area contributed by atoms with Crippen molar-refractivity contribution in [1.82, 2.24) is 10.2 Å². The molecule has 3 rings (SSSR count). The largest absolute Gasteiger partial charge is 0.484 e. The van der Waals surface area contributed by atoms with Crippen molar-refractivity contribution in [2.45, 2.75) is 23.4 Å². The Hall–Kier alpha value is -2.45. The molecule has 0 unspecified atom stereocenters. The molecule has 5 nitrogen and oxygen atoms in total. The molecule has 8 heteroatoms. The van der Waals surface area contributed by atoms with E-state index in [4.69, 9.17) is 4.74 Å². The lowest BCUT2D eigenvalue weighted by molar-refractivity contribution is -0.118. The van der Waals surface area contributed by atoms with E-state index in [9.17, 15) is 9.18 Å². The highest BCUT2D eigenvalue weighted by molar-refractivity contribution is 8.00. The van der Waals surface area contributed by atoms with Crippen LogP contribution in [0.5, 0.6) is 5.75 Å². The van der Waals surface area contributed by atoms with E-state index in [0.717, 1.165) is 16.3 Å². The number of thioether (sulfide) groups is 1. The van der Waals surface area contributed by atoms with Crippen LogP contribution < -0.4 is 10.1 Å². The number of aryl methyl sites for hydroxylation is 1. The van der Waals surface area contributed by atoms with Crippen LogP contribution >= 0.6 is 23.1 Å². The van der Waals surface area contributed by atoms with Crippen molar-refractivity contribution in [3.05, 3.63) is 65.5 Å². The average molecular weight is 404 g/mol. The molecule has 1 aromatic heterocycles. The van der Waals surface area contributed by atoms with Crippen LogP contribution in [0.4, 0.5) is 9.52 Å². The molecule has 0 saturated heterocycles. The van der Waals surface area contributed by atoms with Gasteiger partial charge in [-0.15, -0.1) is 10.2 Å². The zero-order valence-electron chi connectivity index (χ0n) is 14.6. The topological polar surface area (TPSA) is 64.1 Å². The van der Waals surface area contributed by atoms with E-state index in [2.05, 4.69) is 22.4 Å². The molecule has 2 aromatic carbocycles. The third kappa shape index (κ3) is 6.04. The minimum absolute atomic E-state index is 0.0941. The summed E-state index contributed by atoms with van der Waals surface area (Å²) in [6.07, 6.45) is 0.958. The molecule has 0 radical (unpaired) electrons. The third-order valence-electron chi connectivity index (χ3n) is 3.63. The Kier molecular flexibility index (Phi) is 6.78. The van der Waals surface area contributed by atoms with Crippen molar-refractivity contribution in [3.63, 3.8) is 0 Å². The predicted molar refractivity (Wildman–Crippen MR) is 106 cm³/mol. The van der Waals surface area contributed by atoms with E-state index in [1.165, 1.54) is 40.8 Å². The number of rotatable bonds is 8. The van der Waals surface area contributed by atoms with Crippen LogP contribution in [0.3, 0.4) is 0 Å². The van der Waals surface area contributed by atoms with Gasteiger partial charge in [-0.2, -0.15) is 0 Å². The molecular formula is C19H18FN3O2S2. The van der Waals surface area contributed by atoms with Crippen molar-refractivity contribution in [1.29, 1.82) is 0 Å². The van der Waals surface area contributed by atoms with Gasteiger partial charge in [0.1, 0.15) is 11.6 Å². The maximum atomic E-state index is 12.9. The Bertz CT molecular complexity index is 883. The number of nitrogens with one attached hydrogen (secondary N) is 1. The number of halogens is 1. The van der Waals surface area contributed by atoms with Gasteiger partial charge >= 0.3 is 0 Å². The van der Waals surface area contributed by atoms with Crippen molar-refractivity contribution in [3.8, 4) is 5.75 Å². The summed E-state index contributed by atoms with van der Waals surface area (Å²) in [5, 5.41) is 11.1. The van der Waals surface area contributed by atoms with Gasteiger partial charge < -0.3 is 4.74 Å². The van der Waals surface area contributed by atoms with Crippen LogP contribution in [-0.4, -0.2) is 22.7 Å². The average Bonchev–Trinajstić information content (AvgIpc) is 3.13. The summed E-state index contributed by atoms with van der Waals surface area (Å²) in [7, 11) is 0. The molecule has 0 bridgehead atoms. The molecule has 27 heavy (non-hydrogen) atoms. The fourth-order valence-electron chi connectivity index (χ4n) is 2.17. The maximum absolute atomic E-state index is 12.9. The Morgan fingerprint density at radius 3 is 2.52 bits per heavy atom. The fourth-order valence-corrected chi connectivity index (χ4v) is 3.89. The summed E-state index contributed by atoms with van der Waals surface area (Å²) in [4.78, 5) is 12.0. The highest BCUT2D eigenvalue weighted by atomic mass is 32.2. The minimum Gasteiger partial charge on any atom is -0.484 e. The smallest absolute Gasteiger partial charge is 0.264 e. The second kappa shape index (κ2) is 9.48. The Morgan fingerprint density at radius 2 is 1.81 bits per heavy atom. The first-order valence-electron chi connectivity index (χ1n) is 8.34. The molecule has 140 valence electrons. The summed E-state index contributed by atoms with van der Waals surface area (Å²) in [6.45, 7) is 1.99. The number of carbonyl (C=O) groups is 1. The van der Waals surface area contributed by atoms with Crippen molar-refractivity contribution < 1.29 is 13.9 Å². The molecule has 0 fully saturated rings. The van der Waals surface area contributed by atoms with Crippen LogP contribution in [-0.2, 0) is 17.0 Å². The van der Waals surface area contributed by atoms with Gasteiger partial charge in [0.05, 0.1) is 0 Å². The van der Waals surface area contributed by atoms with Gasteiger partial charge in [0.15, 0.2) is 10.9 Å². The fraction of sp³-hybridized carbons (Fsp3) is 0.211. The highest BCUT2D eigenvalue weighted by Gasteiger charge is 2.10. The molecule has 1 amide bonds. The quantitative estimate of drug-likeness (QED) is 0.442. The zero-order valence-corrected chi connectivity index (χ0v) is 16.3. The van der Waals surface area contributed by atoms with Gasteiger partial charge in [-0.25, -0.2) is 4.39 Å². The van der Waals surface area contributed by atoms with E-state index >= 15 is 0 Å². The monoisotopic (exact) mass is 403 g/mol. The summed E-state index contributed by atoms with van der Waals surface area (Å²) in [5.41, 5.74) is 2.20. The Morgan fingerprint density at radius 1 is 1.11 bits per heavy atom. The molecule has 0 aliphatic heterocycles. The van der Waals surface area contributed by atoms with Crippen LogP contribution in [0.2, 0.25) is 0 Å². The number of carbonyl (C=O) groups excluding carboxylic acids is 1. The van der Waals surface area contributed by atoms with Crippen molar-refractivity contribution >= 4 is 34.1 Å². The van der Waals surface area contributed by atoms with Gasteiger partial charge in [0.2, 0.25) is 5.13 Å². The van der Waals surface area contributed by atoms with Crippen LogP contribution in [0.15, 0.2) is 52.9 Å². The first-order chi connectivity index (χ1) is 13.1. The molecule has 0 spiro atoms. The molecule has 1 heterocycles. The van der Waals surface area contributed by atoms with E-state index in [-0.39, 0.29) is 18.3 Å². The predicted octanol–water partition coefficient (Wildman–Crippen LogP) is 4.55. The first kappa shape index (κ1) is 19.3.